The third-order valence-corrected chi connectivity index (χ3v) is 2.38. The van der Waals surface area contributed by atoms with E-state index in [1.165, 1.54) is 5.56 Å². The van der Waals surface area contributed by atoms with E-state index < -0.39 is 0 Å². The molecule has 2 N–H and O–H groups in total. The summed E-state index contributed by atoms with van der Waals surface area (Å²) in [6.45, 7) is 5.57. The van der Waals surface area contributed by atoms with Gasteiger partial charge in [-0.05, 0) is 24.1 Å². The summed E-state index contributed by atoms with van der Waals surface area (Å²) in [5.74, 6) is 0.923. The van der Waals surface area contributed by atoms with Crippen LogP contribution in [0.5, 0.6) is 5.75 Å². The number of aliphatic hydroxyl groups is 1. The lowest BCUT2D eigenvalue weighted by Gasteiger charge is -2.07. The molecule has 0 atom stereocenters. The van der Waals surface area contributed by atoms with E-state index in [4.69, 9.17) is 14.6 Å². The van der Waals surface area contributed by atoms with Crippen LogP contribution < -0.4 is 10.1 Å². The number of hydrogen-bond acceptors (Lipinski definition) is 4. The molecule has 0 fully saturated rings. The molecule has 4 nitrogen and oxygen atoms in total. The van der Waals surface area contributed by atoms with Crippen molar-refractivity contribution in [2.45, 2.75) is 19.9 Å². The zero-order valence-electron chi connectivity index (χ0n) is 11.0. The second kappa shape index (κ2) is 9.88. The fraction of sp³-hybridized carbons (Fsp3) is 0.571. The molecule has 0 amide bonds. The first-order valence-electron chi connectivity index (χ1n) is 6.48. The zero-order chi connectivity index (χ0) is 13.1. The van der Waals surface area contributed by atoms with Crippen LogP contribution in [0.1, 0.15) is 18.9 Å². The maximum Gasteiger partial charge on any atom is 0.119 e. The largest absolute Gasteiger partial charge is 0.494 e. The minimum Gasteiger partial charge on any atom is -0.494 e. The topological polar surface area (TPSA) is 50.7 Å². The van der Waals surface area contributed by atoms with E-state index in [1.807, 2.05) is 12.1 Å². The molecule has 0 heterocycles. The minimum atomic E-state index is 0.0826. The van der Waals surface area contributed by atoms with Crippen molar-refractivity contribution in [3.63, 3.8) is 0 Å². The molecule has 4 heteroatoms. The van der Waals surface area contributed by atoms with Crippen molar-refractivity contribution < 1.29 is 14.6 Å². The highest BCUT2D eigenvalue weighted by Gasteiger charge is 1.95. The average Bonchev–Trinajstić information content (AvgIpc) is 2.42. The fourth-order valence-electron chi connectivity index (χ4n) is 1.47. The predicted octanol–water partition coefficient (Wildman–Crippen LogP) is 1.57. The van der Waals surface area contributed by atoms with Gasteiger partial charge in [-0.2, -0.15) is 0 Å². The lowest BCUT2D eigenvalue weighted by atomic mass is 10.2. The molecule has 0 radical (unpaired) electrons. The Morgan fingerprint density at radius 2 is 1.89 bits per heavy atom. The Labute approximate surface area is 109 Å². The molecule has 1 aromatic carbocycles. The number of aliphatic hydroxyl groups excluding tert-OH is 1. The first kappa shape index (κ1) is 15.0. The molecule has 0 spiro atoms. The van der Waals surface area contributed by atoms with Crippen LogP contribution in [0.2, 0.25) is 0 Å². The third kappa shape index (κ3) is 6.59. The lowest BCUT2D eigenvalue weighted by Crippen LogP contribution is -2.19. The van der Waals surface area contributed by atoms with Crippen molar-refractivity contribution >= 4 is 0 Å². The van der Waals surface area contributed by atoms with E-state index in [0.29, 0.717) is 13.2 Å². The molecule has 0 unspecified atom stereocenters. The highest BCUT2D eigenvalue weighted by Crippen LogP contribution is 2.12. The number of benzene rings is 1. The van der Waals surface area contributed by atoms with E-state index in [0.717, 1.165) is 31.9 Å². The van der Waals surface area contributed by atoms with Gasteiger partial charge in [-0.25, -0.2) is 0 Å². The monoisotopic (exact) mass is 253 g/mol. The van der Waals surface area contributed by atoms with Crippen LogP contribution in [-0.4, -0.2) is 38.1 Å². The van der Waals surface area contributed by atoms with Crippen LogP contribution in [0.25, 0.3) is 0 Å². The summed E-state index contributed by atoms with van der Waals surface area (Å²) in [7, 11) is 0. The number of rotatable bonds is 10. The zero-order valence-corrected chi connectivity index (χ0v) is 11.0. The van der Waals surface area contributed by atoms with Gasteiger partial charge in [-0.3, -0.25) is 0 Å². The molecule has 0 aliphatic heterocycles. The smallest absolute Gasteiger partial charge is 0.119 e. The second-order valence-electron chi connectivity index (χ2n) is 4.01. The normalized spacial score (nSPS) is 10.6. The molecule has 0 saturated heterocycles. The van der Waals surface area contributed by atoms with E-state index in [9.17, 15) is 0 Å². The van der Waals surface area contributed by atoms with Gasteiger partial charge in [0, 0.05) is 13.1 Å². The van der Waals surface area contributed by atoms with Crippen LogP contribution in [-0.2, 0) is 11.3 Å². The summed E-state index contributed by atoms with van der Waals surface area (Å²) in [5.41, 5.74) is 1.22. The summed E-state index contributed by atoms with van der Waals surface area (Å²) in [6, 6.07) is 8.11. The summed E-state index contributed by atoms with van der Waals surface area (Å²) in [6.07, 6.45) is 1.02. The van der Waals surface area contributed by atoms with Gasteiger partial charge in [-0.1, -0.05) is 19.1 Å². The quantitative estimate of drug-likeness (QED) is 0.622. The van der Waals surface area contributed by atoms with E-state index in [1.54, 1.807) is 0 Å². The van der Waals surface area contributed by atoms with Gasteiger partial charge >= 0.3 is 0 Å². The molecule has 0 aliphatic rings. The van der Waals surface area contributed by atoms with Crippen molar-refractivity contribution in [1.29, 1.82) is 0 Å². The molecular weight excluding hydrogens is 230 g/mol. The van der Waals surface area contributed by atoms with Crippen LogP contribution in [0.15, 0.2) is 24.3 Å². The first-order chi connectivity index (χ1) is 8.86. The Balaban J connectivity index is 2.14. The van der Waals surface area contributed by atoms with Gasteiger partial charge in [-0.15, -0.1) is 0 Å². The van der Waals surface area contributed by atoms with Crippen LogP contribution in [0, 0.1) is 0 Å². The molecule has 0 bridgehead atoms. The molecular formula is C14H23NO3. The van der Waals surface area contributed by atoms with E-state index >= 15 is 0 Å². The molecule has 0 aliphatic carbocycles. The standard InChI is InChI=1S/C14H23NO3/c1-2-9-18-14-5-3-13(4-6-14)12-15-7-10-17-11-8-16/h3-6,15-16H,2,7-12H2,1H3. The number of hydrogen-bond donors (Lipinski definition) is 2. The number of nitrogens with one attached hydrogen (secondary N) is 1. The van der Waals surface area contributed by atoms with E-state index in [-0.39, 0.29) is 6.61 Å². The van der Waals surface area contributed by atoms with Gasteiger partial charge in [0.25, 0.3) is 0 Å². The van der Waals surface area contributed by atoms with Gasteiger partial charge in [0.05, 0.1) is 26.4 Å². The minimum absolute atomic E-state index is 0.0826. The average molecular weight is 253 g/mol. The van der Waals surface area contributed by atoms with Crippen LogP contribution in [0.4, 0.5) is 0 Å². The lowest BCUT2D eigenvalue weighted by molar-refractivity contribution is 0.0938. The van der Waals surface area contributed by atoms with Gasteiger partial charge in [0.15, 0.2) is 0 Å². The highest BCUT2D eigenvalue weighted by atomic mass is 16.5. The van der Waals surface area contributed by atoms with Crippen molar-refractivity contribution in [3.05, 3.63) is 29.8 Å². The maximum absolute atomic E-state index is 8.53. The van der Waals surface area contributed by atoms with Gasteiger partial charge < -0.3 is 19.9 Å². The van der Waals surface area contributed by atoms with Crippen LogP contribution >= 0.6 is 0 Å². The fourth-order valence-corrected chi connectivity index (χ4v) is 1.47. The predicted molar refractivity (Wildman–Crippen MR) is 71.8 cm³/mol. The molecule has 1 rings (SSSR count). The molecule has 102 valence electrons. The first-order valence-corrected chi connectivity index (χ1v) is 6.48. The van der Waals surface area contributed by atoms with Gasteiger partial charge in [0.2, 0.25) is 0 Å². The van der Waals surface area contributed by atoms with Crippen molar-refractivity contribution in [3.8, 4) is 5.75 Å². The summed E-state index contributed by atoms with van der Waals surface area (Å²) < 4.78 is 10.7. The molecule has 1 aromatic rings. The third-order valence-electron chi connectivity index (χ3n) is 2.38. The maximum atomic E-state index is 8.53. The number of ether oxygens (including phenoxy) is 2. The highest BCUT2D eigenvalue weighted by molar-refractivity contribution is 5.27. The van der Waals surface area contributed by atoms with Gasteiger partial charge in [0.1, 0.15) is 5.75 Å². The molecule has 18 heavy (non-hydrogen) atoms. The Morgan fingerprint density at radius 1 is 1.11 bits per heavy atom. The second-order valence-corrected chi connectivity index (χ2v) is 4.01. The Bertz CT molecular complexity index is 300. The Hall–Kier alpha value is -1.10. The summed E-state index contributed by atoms with van der Waals surface area (Å²) >= 11 is 0. The Morgan fingerprint density at radius 3 is 2.56 bits per heavy atom. The van der Waals surface area contributed by atoms with E-state index in [2.05, 4.69) is 24.4 Å². The SMILES string of the molecule is CCCOc1ccc(CNCCOCCO)cc1. The van der Waals surface area contributed by atoms with Crippen molar-refractivity contribution in [1.82, 2.24) is 5.32 Å². The van der Waals surface area contributed by atoms with Crippen molar-refractivity contribution in [2.24, 2.45) is 0 Å². The summed E-state index contributed by atoms with van der Waals surface area (Å²) in [5, 5.41) is 11.8. The van der Waals surface area contributed by atoms with Crippen molar-refractivity contribution in [2.75, 3.05) is 33.0 Å². The van der Waals surface area contributed by atoms with Crippen LogP contribution in [0.3, 0.4) is 0 Å². The molecule has 0 saturated carbocycles. The summed E-state index contributed by atoms with van der Waals surface area (Å²) in [4.78, 5) is 0. The molecule has 0 aromatic heterocycles. The Kier molecular flexibility index (Phi) is 8.21.